The van der Waals surface area contributed by atoms with E-state index in [9.17, 15) is 5.11 Å². The highest BCUT2D eigenvalue weighted by Gasteiger charge is 2.07. The quantitative estimate of drug-likeness (QED) is 0.436. The third-order valence-corrected chi connectivity index (χ3v) is 2.42. The van der Waals surface area contributed by atoms with Crippen LogP contribution in [0.15, 0.2) is 0 Å². The monoisotopic (exact) mass is 212 g/mol. The Morgan fingerprint density at radius 2 is 2.07 bits per heavy atom. The van der Waals surface area contributed by atoms with E-state index < -0.39 is 0 Å². The number of aliphatic hydroxyl groups excluding tert-OH is 1. The van der Waals surface area contributed by atoms with E-state index in [-0.39, 0.29) is 6.10 Å². The molecule has 0 aromatic heterocycles. The van der Waals surface area contributed by atoms with Crippen LogP contribution in [0.2, 0.25) is 0 Å². The maximum absolute atomic E-state index is 9.69. The molecule has 88 valence electrons. The molecule has 15 heavy (non-hydrogen) atoms. The van der Waals surface area contributed by atoms with Gasteiger partial charge in [-0.2, -0.15) is 0 Å². The number of nitrogens with one attached hydrogen (secondary N) is 1. The average Bonchev–Trinajstić information content (AvgIpc) is 2.25. The van der Waals surface area contributed by atoms with Crippen LogP contribution in [0.5, 0.6) is 0 Å². The van der Waals surface area contributed by atoms with E-state index in [1.54, 1.807) is 0 Å². The summed E-state index contributed by atoms with van der Waals surface area (Å²) in [5.74, 6) is 2.60. The molecule has 0 saturated carbocycles. The van der Waals surface area contributed by atoms with Crippen LogP contribution in [0.1, 0.15) is 26.7 Å². The average molecular weight is 212 g/mol. The van der Waals surface area contributed by atoms with Crippen LogP contribution in [0.3, 0.4) is 0 Å². The topological polar surface area (TPSA) is 35.5 Å². The molecule has 3 nitrogen and oxygen atoms in total. The van der Waals surface area contributed by atoms with Crippen LogP contribution < -0.4 is 5.32 Å². The van der Waals surface area contributed by atoms with Gasteiger partial charge in [0.15, 0.2) is 0 Å². The van der Waals surface area contributed by atoms with Crippen molar-refractivity contribution in [2.24, 2.45) is 0 Å². The first-order valence-electron chi connectivity index (χ1n) is 5.79. The number of hydrogen-bond acceptors (Lipinski definition) is 3. The van der Waals surface area contributed by atoms with Crippen LogP contribution >= 0.6 is 0 Å². The fraction of sp³-hybridized carbons (Fsp3) is 0.833. The number of nitrogens with zero attached hydrogens (tertiary/aromatic N) is 1. The molecule has 0 rings (SSSR count). The molecule has 0 bridgehead atoms. The van der Waals surface area contributed by atoms with Crippen molar-refractivity contribution < 1.29 is 5.11 Å². The van der Waals surface area contributed by atoms with Gasteiger partial charge >= 0.3 is 0 Å². The second-order valence-corrected chi connectivity index (χ2v) is 3.65. The highest BCUT2D eigenvalue weighted by molar-refractivity contribution is 4.83. The number of rotatable bonds is 9. The molecule has 0 radical (unpaired) electrons. The van der Waals surface area contributed by atoms with Crippen molar-refractivity contribution in [3.05, 3.63) is 0 Å². The molecule has 0 amide bonds. The Kier molecular flexibility index (Phi) is 9.60. The zero-order valence-corrected chi connectivity index (χ0v) is 10.00. The molecule has 2 N–H and O–H groups in total. The van der Waals surface area contributed by atoms with Crippen LogP contribution in [-0.4, -0.2) is 48.8 Å². The predicted octanol–water partition coefficient (Wildman–Crippen LogP) is 0.692. The third kappa shape index (κ3) is 8.44. The number of unbranched alkanes of at least 4 members (excludes halogenated alkanes) is 1. The van der Waals surface area contributed by atoms with Gasteiger partial charge in [-0.1, -0.05) is 13.8 Å². The second-order valence-electron chi connectivity index (χ2n) is 3.65. The Morgan fingerprint density at radius 1 is 1.40 bits per heavy atom. The van der Waals surface area contributed by atoms with Gasteiger partial charge in [0, 0.05) is 19.5 Å². The molecule has 3 heteroatoms. The summed E-state index contributed by atoms with van der Waals surface area (Å²) in [5.41, 5.74) is 0. The first-order chi connectivity index (χ1) is 7.24. The molecule has 0 aliphatic carbocycles. The Labute approximate surface area is 93.9 Å². The second kappa shape index (κ2) is 9.97. The fourth-order valence-corrected chi connectivity index (χ4v) is 1.43. The van der Waals surface area contributed by atoms with Gasteiger partial charge in [0.2, 0.25) is 0 Å². The Morgan fingerprint density at radius 3 is 2.60 bits per heavy atom. The van der Waals surface area contributed by atoms with Crippen LogP contribution in [0.25, 0.3) is 0 Å². The molecule has 0 heterocycles. The Balaban J connectivity index is 3.40. The minimum atomic E-state index is -0.282. The van der Waals surface area contributed by atoms with Crippen molar-refractivity contribution in [2.45, 2.75) is 32.8 Å². The zero-order valence-electron chi connectivity index (χ0n) is 10.00. The van der Waals surface area contributed by atoms with Crippen molar-refractivity contribution in [3.8, 4) is 12.3 Å². The lowest BCUT2D eigenvalue weighted by atomic mass is 10.3. The number of terminal acetylenes is 1. The summed E-state index contributed by atoms with van der Waals surface area (Å²) >= 11 is 0. The summed E-state index contributed by atoms with van der Waals surface area (Å²) in [4.78, 5) is 2.22. The van der Waals surface area contributed by atoms with Crippen LogP contribution in [-0.2, 0) is 0 Å². The summed E-state index contributed by atoms with van der Waals surface area (Å²) in [5, 5.41) is 12.9. The highest BCUT2D eigenvalue weighted by Crippen LogP contribution is 1.91. The lowest BCUT2D eigenvalue weighted by molar-refractivity contribution is 0.117. The molecular formula is C12H24N2O. The van der Waals surface area contributed by atoms with Gasteiger partial charge in [-0.3, -0.25) is 0 Å². The smallest absolute Gasteiger partial charge is 0.0791 e. The lowest BCUT2D eigenvalue weighted by Gasteiger charge is -2.21. The molecule has 1 unspecified atom stereocenters. The summed E-state index contributed by atoms with van der Waals surface area (Å²) in [7, 11) is 0. The predicted molar refractivity (Wildman–Crippen MR) is 64.7 cm³/mol. The number of aliphatic hydroxyl groups is 1. The van der Waals surface area contributed by atoms with Gasteiger partial charge in [-0.15, -0.1) is 12.3 Å². The molecule has 0 fully saturated rings. The number of hydrogen-bond donors (Lipinski definition) is 2. The Hall–Kier alpha value is -0.560. The molecule has 1 atom stereocenters. The molecule has 0 spiro atoms. The first-order valence-corrected chi connectivity index (χ1v) is 5.79. The van der Waals surface area contributed by atoms with Gasteiger partial charge in [-0.05, 0) is 26.1 Å². The van der Waals surface area contributed by atoms with Crippen molar-refractivity contribution in [2.75, 3.05) is 32.7 Å². The fourth-order valence-electron chi connectivity index (χ4n) is 1.43. The standard InChI is InChI=1S/C12H24N2O/c1-4-7-8-9-13-10-12(15)11-14(5-2)6-3/h1,12-13,15H,5-11H2,2-3H3. The molecule has 0 aromatic rings. The van der Waals surface area contributed by atoms with Crippen molar-refractivity contribution >= 4 is 0 Å². The van der Waals surface area contributed by atoms with E-state index in [0.717, 1.165) is 39.0 Å². The SMILES string of the molecule is C#CCCCNCC(O)CN(CC)CC. The summed E-state index contributed by atoms with van der Waals surface area (Å²) in [6.07, 6.45) is 6.64. The third-order valence-electron chi connectivity index (χ3n) is 2.42. The van der Waals surface area contributed by atoms with E-state index in [2.05, 4.69) is 30.0 Å². The zero-order chi connectivity index (χ0) is 11.5. The van der Waals surface area contributed by atoms with E-state index >= 15 is 0 Å². The summed E-state index contributed by atoms with van der Waals surface area (Å²) in [6, 6.07) is 0. The van der Waals surface area contributed by atoms with Crippen molar-refractivity contribution in [1.29, 1.82) is 0 Å². The minimum Gasteiger partial charge on any atom is -0.390 e. The maximum Gasteiger partial charge on any atom is 0.0791 e. The van der Waals surface area contributed by atoms with Crippen molar-refractivity contribution in [1.82, 2.24) is 10.2 Å². The summed E-state index contributed by atoms with van der Waals surface area (Å²) < 4.78 is 0. The van der Waals surface area contributed by atoms with E-state index in [1.165, 1.54) is 0 Å². The van der Waals surface area contributed by atoms with Crippen LogP contribution in [0.4, 0.5) is 0 Å². The van der Waals surface area contributed by atoms with Gasteiger partial charge < -0.3 is 15.3 Å². The molecular weight excluding hydrogens is 188 g/mol. The Bertz CT molecular complexity index is 173. The van der Waals surface area contributed by atoms with E-state index in [1.807, 2.05) is 0 Å². The molecule has 0 aliphatic heterocycles. The largest absolute Gasteiger partial charge is 0.390 e. The highest BCUT2D eigenvalue weighted by atomic mass is 16.3. The van der Waals surface area contributed by atoms with Gasteiger partial charge in [0.05, 0.1) is 6.10 Å². The van der Waals surface area contributed by atoms with Crippen molar-refractivity contribution in [3.63, 3.8) is 0 Å². The molecule has 0 aliphatic rings. The van der Waals surface area contributed by atoms with E-state index in [0.29, 0.717) is 6.54 Å². The molecule has 0 saturated heterocycles. The van der Waals surface area contributed by atoms with Gasteiger partial charge in [-0.25, -0.2) is 0 Å². The van der Waals surface area contributed by atoms with Gasteiger partial charge in [0.25, 0.3) is 0 Å². The van der Waals surface area contributed by atoms with E-state index in [4.69, 9.17) is 6.42 Å². The maximum atomic E-state index is 9.69. The minimum absolute atomic E-state index is 0.282. The number of likely N-dealkylation sites (N-methyl/N-ethyl adjacent to an activating group) is 1. The summed E-state index contributed by atoms with van der Waals surface area (Å²) in [6.45, 7) is 8.48. The lowest BCUT2D eigenvalue weighted by Crippen LogP contribution is -2.38. The van der Waals surface area contributed by atoms with Gasteiger partial charge in [0.1, 0.15) is 0 Å². The molecule has 0 aromatic carbocycles. The van der Waals surface area contributed by atoms with Crippen LogP contribution in [0, 0.1) is 12.3 Å². The normalized spacial score (nSPS) is 12.7. The first kappa shape index (κ1) is 14.4.